The molecule has 2 aliphatic rings. The van der Waals surface area contributed by atoms with Crippen LogP contribution in [0.5, 0.6) is 0 Å². The Morgan fingerprint density at radius 1 is 1.25 bits per heavy atom. The summed E-state index contributed by atoms with van der Waals surface area (Å²) < 4.78 is 0. The Kier molecular flexibility index (Phi) is 5.02. The van der Waals surface area contributed by atoms with Crippen LogP contribution in [0.1, 0.15) is 53.8 Å². The summed E-state index contributed by atoms with van der Waals surface area (Å²) in [6.07, 6.45) is 8.97. The van der Waals surface area contributed by atoms with Crippen molar-refractivity contribution in [3.05, 3.63) is 21.4 Å². The Labute approximate surface area is 129 Å². The average Bonchev–Trinajstić information content (AvgIpc) is 2.74. The van der Waals surface area contributed by atoms with E-state index in [1.54, 1.807) is 0 Å². The molecular weight excluding hydrogens is 286 g/mol. The van der Waals surface area contributed by atoms with E-state index >= 15 is 0 Å². The van der Waals surface area contributed by atoms with Crippen LogP contribution in [0, 0.1) is 0 Å². The molecule has 0 bridgehead atoms. The highest BCUT2D eigenvalue weighted by atomic mass is 32.2. The first-order chi connectivity index (χ1) is 9.86. The lowest BCUT2D eigenvalue weighted by Crippen LogP contribution is -2.31. The standard InChI is InChI=1S/C15H23N3S2/c16-18-15(17-12-5-3-1-2-4-6-12)14-9-11-10-19-8-7-13(11)20-14/h9,12H,1-8,10,16H2,(H,17,18). The van der Waals surface area contributed by atoms with Gasteiger partial charge in [-0.2, -0.15) is 11.8 Å². The molecule has 1 aromatic heterocycles. The molecule has 0 unspecified atom stereocenters. The van der Waals surface area contributed by atoms with Gasteiger partial charge in [0.15, 0.2) is 5.84 Å². The summed E-state index contributed by atoms with van der Waals surface area (Å²) in [5.41, 5.74) is 4.34. The minimum absolute atomic E-state index is 0.456. The highest BCUT2D eigenvalue weighted by Gasteiger charge is 2.18. The van der Waals surface area contributed by atoms with Gasteiger partial charge in [-0.3, -0.25) is 4.99 Å². The second-order valence-electron chi connectivity index (χ2n) is 5.63. The minimum Gasteiger partial charge on any atom is -0.308 e. The summed E-state index contributed by atoms with van der Waals surface area (Å²) in [5, 5.41) is 0. The maximum atomic E-state index is 5.74. The number of rotatable bonds is 2. The van der Waals surface area contributed by atoms with Gasteiger partial charge in [0.2, 0.25) is 0 Å². The molecule has 0 amide bonds. The van der Waals surface area contributed by atoms with Gasteiger partial charge in [-0.1, -0.05) is 25.7 Å². The molecule has 1 saturated carbocycles. The van der Waals surface area contributed by atoms with Crippen molar-refractivity contribution in [3.63, 3.8) is 0 Å². The van der Waals surface area contributed by atoms with Crippen molar-refractivity contribution < 1.29 is 0 Å². The van der Waals surface area contributed by atoms with Gasteiger partial charge in [0.1, 0.15) is 0 Å². The zero-order valence-corrected chi connectivity index (χ0v) is 13.5. The van der Waals surface area contributed by atoms with Gasteiger partial charge >= 0.3 is 0 Å². The molecule has 3 N–H and O–H groups in total. The predicted octanol–water partition coefficient (Wildman–Crippen LogP) is 3.47. The summed E-state index contributed by atoms with van der Waals surface area (Å²) in [4.78, 5) is 7.67. The van der Waals surface area contributed by atoms with E-state index in [2.05, 4.69) is 11.5 Å². The molecule has 5 heteroatoms. The molecule has 20 heavy (non-hydrogen) atoms. The first-order valence-corrected chi connectivity index (χ1v) is 9.58. The van der Waals surface area contributed by atoms with E-state index in [0.717, 1.165) is 11.6 Å². The molecule has 0 atom stereocenters. The van der Waals surface area contributed by atoms with Crippen LogP contribution in [-0.2, 0) is 12.2 Å². The van der Waals surface area contributed by atoms with E-state index in [1.807, 2.05) is 23.1 Å². The molecule has 1 aliphatic carbocycles. The fourth-order valence-electron chi connectivity index (χ4n) is 3.01. The van der Waals surface area contributed by atoms with E-state index in [4.69, 9.17) is 10.8 Å². The van der Waals surface area contributed by atoms with E-state index in [1.165, 1.54) is 66.0 Å². The van der Waals surface area contributed by atoms with Crippen molar-refractivity contribution in [2.24, 2.45) is 10.8 Å². The lowest BCUT2D eigenvalue weighted by Gasteiger charge is -2.11. The third kappa shape index (κ3) is 3.38. The highest BCUT2D eigenvalue weighted by molar-refractivity contribution is 7.98. The van der Waals surface area contributed by atoms with Gasteiger partial charge < -0.3 is 5.43 Å². The van der Waals surface area contributed by atoms with Crippen LogP contribution in [-0.4, -0.2) is 17.6 Å². The Morgan fingerprint density at radius 3 is 2.75 bits per heavy atom. The van der Waals surface area contributed by atoms with Gasteiger partial charge in [-0.15, -0.1) is 11.3 Å². The van der Waals surface area contributed by atoms with Crippen LogP contribution < -0.4 is 11.3 Å². The zero-order valence-electron chi connectivity index (χ0n) is 11.9. The molecule has 0 saturated heterocycles. The van der Waals surface area contributed by atoms with Gasteiger partial charge in [0, 0.05) is 10.6 Å². The number of hydrogen-bond acceptors (Lipinski definition) is 4. The van der Waals surface area contributed by atoms with Crippen LogP contribution in [0.4, 0.5) is 0 Å². The summed E-state index contributed by atoms with van der Waals surface area (Å²) in [6, 6.07) is 2.75. The molecule has 3 nitrogen and oxygen atoms in total. The van der Waals surface area contributed by atoms with E-state index < -0.39 is 0 Å². The lowest BCUT2D eigenvalue weighted by atomic mass is 10.1. The molecule has 0 spiro atoms. The number of hydrogen-bond donors (Lipinski definition) is 2. The maximum absolute atomic E-state index is 5.74. The van der Waals surface area contributed by atoms with Crippen LogP contribution in [0.25, 0.3) is 0 Å². The molecule has 0 radical (unpaired) electrons. The Bertz CT molecular complexity index is 450. The van der Waals surface area contributed by atoms with Crippen molar-refractivity contribution in [3.8, 4) is 0 Å². The predicted molar refractivity (Wildman–Crippen MR) is 89.5 cm³/mol. The number of nitrogens with two attached hydrogens (primary N) is 1. The van der Waals surface area contributed by atoms with Crippen molar-refractivity contribution in [1.29, 1.82) is 0 Å². The van der Waals surface area contributed by atoms with Crippen molar-refractivity contribution in [2.45, 2.75) is 56.7 Å². The zero-order chi connectivity index (χ0) is 13.8. The first kappa shape index (κ1) is 14.4. The van der Waals surface area contributed by atoms with Crippen molar-refractivity contribution >= 4 is 28.9 Å². The highest BCUT2D eigenvalue weighted by Crippen LogP contribution is 2.32. The van der Waals surface area contributed by atoms with Crippen LogP contribution in [0.2, 0.25) is 0 Å². The maximum Gasteiger partial charge on any atom is 0.153 e. The second-order valence-corrected chi connectivity index (χ2v) is 7.87. The normalized spacial score (nSPS) is 21.4. The van der Waals surface area contributed by atoms with Crippen LogP contribution >= 0.6 is 23.1 Å². The number of nitrogens with one attached hydrogen (secondary N) is 1. The number of thioether (sulfide) groups is 1. The lowest BCUT2D eigenvalue weighted by molar-refractivity contribution is 0.583. The molecule has 110 valence electrons. The van der Waals surface area contributed by atoms with Crippen LogP contribution in [0.15, 0.2) is 11.1 Å². The summed E-state index contributed by atoms with van der Waals surface area (Å²) in [5.74, 6) is 9.04. The largest absolute Gasteiger partial charge is 0.308 e. The molecule has 2 heterocycles. The third-order valence-electron chi connectivity index (χ3n) is 4.13. The fraction of sp³-hybridized carbons (Fsp3) is 0.667. The van der Waals surface area contributed by atoms with Gasteiger partial charge in [0.25, 0.3) is 0 Å². The molecule has 1 aromatic rings. The van der Waals surface area contributed by atoms with Gasteiger partial charge in [-0.05, 0) is 36.6 Å². The van der Waals surface area contributed by atoms with Gasteiger partial charge in [0.05, 0.1) is 10.9 Å². The topological polar surface area (TPSA) is 50.4 Å². The second kappa shape index (κ2) is 6.96. The van der Waals surface area contributed by atoms with Crippen molar-refractivity contribution in [1.82, 2.24) is 5.43 Å². The molecule has 1 aliphatic heterocycles. The van der Waals surface area contributed by atoms with E-state index in [9.17, 15) is 0 Å². The summed E-state index contributed by atoms with van der Waals surface area (Å²) in [7, 11) is 0. The number of nitrogens with zero attached hydrogens (tertiary/aromatic N) is 1. The summed E-state index contributed by atoms with van der Waals surface area (Å²) in [6.45, 7) is 0. The Hall–Kier alpha value is -0.520. The van der Waals surface area contributed by atoms with E-state index in [0.29, 0.717) is 6.04 Å². The monoisotopic (exact) mass is 309 g/mol. The smallest absolute Gasteiger partial charge is 0.153 e. The summed E-state index contributed by atoms with van der Waals surface area (Å²) >= 11 is 3.90. The number of fused-ring (bicyclic) bond motifs is 1. The SMILES string of the molecule is NNC(=NC1CCCCCC1)c1cc2c(s1)CCSC2. The van der Waals surface area contributed by atoms with Gasteiger partial charge in [-0.25, -0.2) is 5.84 Å². The van der Waals surface area contributed by atoms with Crippen molar-refractivity contribution in [2.75, 3.05) is 5.75 Å². The Balaban J connectivity index is 1.79. The minimum atomic E-state index is 0.456. The Morgan fingerprint density at radius 2 is 2.05 bits per heavy atom. The number of aliphatic imine (C=N–C) groups is 1. The fourth-order valence-corrected chi connectivity index (χ4v) is 5.34. The first-order valence-electron chi connectivity index (χ1n) is 7.61. The average molecular weight is 310 g/mol. The molecule has 3 rings (SSSR count). The number of amidine groups is 1. The number of aryl methyl sites for hydroxylation is 1. The molecular formula is C15H23N3S2. The number of hydrazine groups is 1. The molecule has 0 aromatic carbocycles. The number of thiophene rings is 1. The van der Waals surface area contributed by atoms with Crippen LogP contribution in [0.3, 0.4) is 0 Å². The van der Waals surface area contributed by atoms with E-state index in [-0.39, 0.29) is 0 Å². The quantitative estimate of drug-likeness (QED) is 0.289. The molecule has 1 fully saturated rings. The third-order valence-corrected chi connectivity index (χ3v) is 6.39.